The predicted molar refractivity (Wildman–Crippen MR) is 121 cm³/mol. The van der Waals surface area contributed by atoms with Crippen LogP contribution < -0.4 is 10.6 Å². The number of hydrogen-bond acceptors (Lipinski definition) is 7. The average molecular weight is 440 g/mol. The molecule has 1 saturated heterocycles. The van der Waals surface area contributed by atoms with Crippen molar-refractivity contribution < 1.29 is 14.3 Å². The van der Waals surface area contributed by atoms with Gasteiger partial charge in [0, 0.05) is 25.7 Å². The number of aromatic nitrogens is 1. The third kappa shape index (κ3) is 6.92. The van der Waals surface area contributed by atoms with Gasteiger partial charge in [0.05, 0.1) is 38.1 Å². The van der Waals surface area contributed by atoms with Crippen molar-refractivity contribution in [2.45, 2.75) is 53.6 Å². The Hall–Kier alpha value is -1.71. The quantitative estimate of drug-likeness (QED) is 0.347. The summed E-state index contributed by atoms with van der Waals surface area (Å²) in [5.41, 5.74) is 0.705. The largest absolute Gasteiger partial charge is 0.462 e. The summed E-state index contributed by atoms with van der Waals surface area (Å²) in [6.07, 6.45) is 0. The van der Waals surface area contributed by atoms with E-state index < -0.39 is 0 Å². The van der Waals surface area contributed by atoms with E-state index in [9.17, 15) is 4.79 Å². The van der Waals surface area contributed by atoms with Gasteiger partial charge in [0.2, 0.25) is 0 Å². The maximum Gasteiger partial charge on any atom is 0.350 e. The van der Waals surface area contributed by atoms with Crippen LogP contribution in [-0.4, -0.2) is 73.9 Å². The van der Waals surface area contributed by atoms with Crippen molar-refractivity contribution in [1.82, 2.24) is 20.5 Å². The molecule has 1 aliphatic heterocycles. The Morgan fingerprint density at radius 1 is 1.30 bits per heavy atom. The zero-order valence-electron chi connectivity index (χ0n) is 19.2. The van der Waals surface area contributed by atoms with E-state index in [-0.39, 0.29) is 12.0 Å². The first kappa shape index (κ1) is 24.6. The summed E-state index contributed by atoms with van der Waals surface area (Å²) in [4.78, 5) is 24.6. The molecule has 0 spiro atoms. The Kier molecular flexibility index (Phi) is 10.0. The van der Waals surface area contributed by atoms with Gasteiger partial charge >= 0.3 is 5.97 Å². The van der Waals surface area contributed by atoms with Gasteiger partial charge in [-0.25, -0.2) is 9.78 Å². The van der Waals surface area contributed by atoms with E-state index in [0.29, 0.717) is 35.7 Å². The van der Waals surface area contributed by atoms with Gasteiger partial charge in [-0.3, -0.25) is 9.89 Å². The highest BCUT2D eigenvalue weighted by molar-refractivity contribution is 7.13. The van der Waals surface area contributed by atoms with Crippen molar-refractivity contribution in [1.29, 1.82) is 0 Å². The Labute approximate surface area is 184 Å². The van der Waals surface area contributed by atoms with Gasteiger partial charge in [-0.05, 0) is 33.6 Å². The monoisotopic (exact) mass is 439 g/mol. The van der Waals surface area contributed by atoms with E-state index in [1.54, 1.807) is 6.92 Å². The highest BCUT2D eigenvalue weighted by Gasteiger charge is 2.24. The van der Waals surface area contributed by atoms with Gasteiger partial charge in [0.15, 0.2) is 5.96 Å². The van der Waals surface area contributed by atoms with Crippen LogP contribution in [0.4, 0.5) is 0 Å². The van der Waals surface area contributed by atoms with Gasteiger partial charge in [0.1, 0.15) is 9.88 Å². The van der Waals surface area contributed by atoms with E-state index >= 15 is 0 Å². The zero-order valence-corrected chi connectivity index (χ0v) is 20.0. The number of carbonyl (C=O) groups excluding carboxylic acids is 1. The molecule has 1 aromatic rings. The van der Waals surface area contributed by atoms with Crippen LogP contribution >= 0.6 is 11.3 Å². The smallest absolute Gasteiger partial charge is 0.350 e. The van der Waals surface area contributed by atoms with E-state index in [2.05, 4.69) is 41.3 Å². The van der Waals surface area contributed by atoms with Crippen molar-refractivity contribution in [3.05, 3.63) is 15.6 Å². The molecule has 2 atom stereocenters. The SMILES string of the molecule is CCNC(=NCC(C(C)C)N1CCOCC1)NC(C)c1nc(C)c(C(=O)OCC)s1. The van der Waals surface area contributed by atoms with Gasteiger partial charge in [-0.15, -0.1) is 11.3 Å². The average Bonchev–Trinajstić information content (AvgIpc) is 3.11. The molecule has 2 N–H and O–H groups in total. The van der Waals surface area contributed by atoms with Crippen molar-refractivity contribution in [2.75, 3.05) is 46.0 Å². The summed E-state index contributed by atoms with van der Waals surface area (Å²) in [6, 6.07) is 0.299. The van der Waals surface area contributed by atoms with Gasteiger partial charge in [0.25, 0.3) is 0 Å². The third-order valence-corrected chi connectivity index (χ3v) is 6.38. The van der Waals surface area contributed by atoms with Crippen molar-refractivity contribution in [2.24, 2.45) is 10.9 Å². The first-order chi connectivity index (χ1) is 14.4. The molecule has 0 aliphatic carbocycles. The molecule has 0 saturated carbocycles. The lowest BCUT2D eigenvalue weighted by Gasteiger charge is -2.36. The van der Waals surface area contributed by atoms with E-state index in [0.717, 1.165) is 43.8 Å². The van der Waals surface area contributed by atoms with Crippen LogP contribution in [0, 0.1) is 12.8 Å². The molecule has 30 heavy (non-hydrogen) atoms. The Bertz CT molecular complexity index is 701. The maximum absolute atomic E-state index is 12.1. The highest BCUT2D eigenvalue weighted by atomic mass is 32.1. The van der Waals surface area contributed by atoms with Crippen molar-refractivity contribution >= 4 is 23.3 Å². The molecule has 170 valence electrons. The van der Waals surface area contributed by atoms with E-state index in [1.165, 1.54) is 11.3 Å². The van der Waals surface area contributed by atoms with Crippen LogP contribution in [0.2, 0.25) is 0 Å². The number of nitrogens with zero attached hydrogens (tertiary/aromatic N) is 3. The Balaban J connectivity index is 2.08. The minimum atomic E-state index is -0.309. The maximum atomic E-state index is 12.1. The number of guanidine groups is 1. The number of morpholine rings is 1. The summed E-state index contributed by atoms with van der Waals surface area (Å²) in [6.45, 7) is 17.5. The minimum absolute atomic E-state index is 0.0736. The molecule has 1 aromatic heterocycles. The number of thiazole rings is 1. The first-order valence-electron chi connectivity index (χ1n) is 10.9. The zero-order chi connectivity index (χ0) is 22.1. The number of esters is 1. The summed E-state index contributed by atoms with van der Waals surface area (Å²) in [5.74, 6) is 0.951. The fourth-order valence-corrected chi connectivity index (χ4v) is 4.38. The van der Waals surface area contributed by atoms with Crippen LogP contribution in [0.15, 0.2) is 4.99 Å². The lowest BCUT2D eigenvalue weighted by molar-refractivity contribution is 0.00867. The molecule has 1 aliphatic rings. The molecule has 2 rings (SSSR count). The molecule has 0 aromatic carbocycles. The van der Waals surface area contributed by atoms with Crippen LogP contribution in [0.3, 0.4) is 0 Å². The van der Waals surface area contributed by atoms with Gasteiger partial charge < -0.3 is 20.1 Å². The summed E-state index contributed by atoms with van der Waals surface area (Å²) >= 11 is 1.37. The summed E-state index contributed by atoms with van der Waals surface area (Å²) in [5, 5.41) is 7.60. The predicted octanol–water partition coefficient (Wildman–Crippen LogP) is 2.60. The van der Waals surface area contributed by atoms with Crippen LogP contribution in [-0.2, 0) is 9.47 Å². The number of ether oxygens (including phenoxy) is 2. The molecule has 2 heterocycles. The first-order valence-corrected chi connectivity index (χ1v) is 11.7. The standard InChI is InChI=1S/C21H37N5O3S/c1-7-22-21(23-13-17(14(3)4)26-9-11-28-12-10-26)25-16(6)19-24-15(5)18(30-19)20(27)29-8-2/h14,16-17H,7-13H2,1-6H3,(H2,22,23,25). The molecule has 0 radical (unpaired) electrons. The number of rotatable bonds is 9. The second-order valence-corrected chi connectivity index (χ2v) is 8.76. The molecule has 0 bridgehead atoms. The molecule has 8 nitrogen and oxygen atoms in total. The molecule has 0 amide bonds. The fourth-order valence-electron chi connectivity index (χ4n) is 3.42. The van der Waals surface area contributed by atoms with Crippen molar-refractivity contribution in [3.63, 3.8) is 0 Å². The number of nitrogens with one attached hydrogen (secondary N) is 2. The van der Waals surface area contributed by atoms with Crippen LogP contribution in [0.1, 0.15) is 61.0 Å². The number of hydrogen-bond donors (Lipinski definition) is 2. The van der Waals surface area contributed by atoms with Gasteiger partial charge in [-0.1, -0.05) is 13.8 Å². The normalized spacial score (nSPS) is 17.6. The molecule has 9 heteroatoms. The van der Waals surface area contributed by atoms with E-state index in [4.69, 9.17) is 14.5 Å². The topological polar surface area (TPSA) is 88.1 Å². The summed E-state index contributed by atoms with van der Waals surface area (Å²) < 4.78 is 10.6. The summed E-state index contributed by atoms with van der Waals surface area (Å²) in [7, 11) is 0. The van der Waals surface area contributed by atoms with Crippen LogP contribution in [0.25, 0.3) is 0 Å². The fraction of sp³-hybridized carbons (Fsp3) is 0.762. The molecule has 2 unspecified atom stereocenters. The molecular formula is C21H37N5O3S. The highest BCUT2D eigenvalue weighted by Crippen LogP contribution is 2.24. The Morgan fingerprint density at radius 3 is 2.60 bits per heavy atom. The Morgan fingerprint density at radius 2 is 2.00 bits per heavy atom. The van der Waals surface area contributed by atoms with E-state index in [1.807, 2.05) is 13.8 Å². The molecular weight excluding hydrogens is 402 g/mol. The number of carbonyl (C=O) groups is 1. The minimum Gasteiger partial charge on any atom is -0.462 e. The molecule has 1 fully saturated rings. The van der Waals surface area contributed by atoms with Gasteiger partial charge in [-0.2, -0.15) is 0 Å². The lowest BCUT2D eigenvalue weighted by Crippen LogP contribution is -2.48. The second kappa shape index (κ2) is 12.2. The third-order valence-electron chi connectivity index (χ3n) is 5.06. The second-order valence-electron chi connectivity index (χ2n) is 7.73. The van der Waals surface area contributed by atoms with Crippen LogP contribution in [0.5, 0.6) is 0 Å². The number of aliphatic imine (C=N–C) groups is 1. The van der Waals surface area contributed by atoms with Crippen molar-refractivity contribution in [3.8, 4) is 0 Å². The lowest BCUT2D eigenvalue weighted by atomic mass is 10.0. The number of aryl methyl sites for hydroxylation is 1.